The predicted octanol–water partition coefficient (Wildman–Crippen LogP) is 4.51. The van der Waals surface area contributed by atoms with Gasteiger partial charge in [0.15, 0.2) is 5.69 Å². The third kappa shape index (κ3) is 4.54. The maximum Gasteiger partial charge on any atom is 0.312 e. The molecule has 2 aromatic carbocycles. The molecule has 32 heavy (non-hydrogen) atoms. The van der Waals surface area contributed by atoms with Crippen LogP contribution in [0.4, 0.5) is 11.4 Å². The molecule has 0 saturated heterocycles. The Morgan fingerprint density at radius 3 is 2.50 bits per heavy atom. The first-order chi connectivity index (χ1) is 15.4. The van der Waals surface area contributed by atoms with E-state index in [2.05, 4.69) is 15.5 Å². The lowest BCUT2D eigenvalue weighted by molar-refractivity contribution is -0.386. The highest BCUT2D eigenvalue weighted by atomic mass is 32.2. The van der Waals surface area contributed by atoms with Gasteiger partial charge in [-0.05, 0) is 44.2 Å². The van der Waals surface area contributed by atoms with Crippen LogP contribution in [0.3, 0.4) is 0 Å². The molecule has 4 aromatic rings. The number of carbonyl (C=O) groups is 1. The van der Waals surface area contributed by atoms with Crippen molar-refractivity contribution in [3.8, 4) is 0 Å². The molecule has 1 N–H and O–H groups in total. The first kappa shape index (κ1) is 21.3. The second-order valence-electron chi connectivity index (χ2n) is 7.02. The normalized spacial score (nSPS) is 10.8. The van der Waals surface area contributed by atoms with Gasteiger partial charge in [0.05, 0.1) is 10.6 Å². The highest BCUT2D eigenvalue weighted by molar-refractivity contribution is 7.99. The Labute approximate surface area is 188 Å². The molecular weight excluding hydrogens is 428 g/mol. The number of nitro groups is 1. The first-order valence-corrected chi connectivity index (χ1v) is 10.6. The fourth-order valence-corrected chi connectivity index (χ4v) is 4.17. The number of hydrogen-bond donors (Lipinski definition) is 1. The van der Waals surface area contributed by atoms with Crippen LogP contribution in [0.25, 0.3) is 0 Å². The van der Waals surface area contributed by atoms with Gasteiger partial charge in [0.25, 0.3) is 5.91 Å². The number of amides is 1. The highest BCUT2D eigenvalue weighted by Crippen LogP contribution is 2.33. The summed E-state index contributed by atoms with van der Waals surface area (Å²) < 4.78 is 3.01. The first-order valence-electron chi connectivity index (χ1n) is 9.77. The second kappa shape index (κ2) is 9.06. The molecule has 0 fully saturated rings. The van der Waals surface area contributed by atoms with E-state index >= 15 is 0 Å². The number of benzene rings is 2. The number of para-hydroxylation sites is 1. The van der Waals surface area contributed by atoms with Crippen molar-refractivity contribution in [1.82, 2.24) is 19.6 Å². The van der Waals surface area contributed by atoms with E-state index in [0.717, 1.165) is 9.79 Å². The van der Waals surface area contributed by atoms with Crippen LogP contribution in [0, 0.1) is 24.0 Å². The Bertz CT molecular complexity index is 1280. The minimum absolute atomic E-state index is 0.0114. The number of hydrogen-bond acceptors (Lipinski definition) is 6. The zero-order valence-corrected chi connectivity index (χ0v) is 18.2. The molecule has 0 saturated carbocycles. The number of rotatable bonds is 7. The summed E-state index contributed by atoms with van der Waals surface area (Å²) in [4.78, 5) is 25.5. The Kier molecular flexibility index (Phi) is 6.04. The summed E-state index contributed by atoms with van der Waals surface area (Å²) in [6, 6.07) is 19.1. The van der Waals surface area contributed by atoms with E-state index in [1.54, 1.807) is 37.9 Å². The van der Waals surface area contributed by atoms with Crippen molar-refractivity contribution in [1.29, 1.82) is 0 Å². The molecule has 0 atom stereocenters. The number of nitrogens with one attached hydrogen (secondary N) is 1. The van der Waals surface area contributed by atoms with Gasteiger partial charge in [-0.2, -0.15) is 10.2 Å². The second-order valence-corrected chi connectivity index (χ2v) is 8.14. The van der Waals surface area contributed by atoms with E-state index in [4.69, 9.17) is 0 Å². The van der Waals surface area contributed by atoms with Crippen molar-refractivity contribution in [2.24, 2.45) is 0 Å². The summed E-state index contributed by atoms with van der Waals surface area (Å²) in [5.74, 6) is -0.343. The van der Waals surface area contributed by atoms with Crippen LogP contribution in [0.5, 0.6) is 0 Å². The minimum atomic E-state index is -0.443. The maximum absolute atomic E-state index is 12.8. The van der Waals surface area contributed by atoms with Crippen LogP contribution in [0.15, 0.2) is 76.7 Å². The van der Waals surface area contributed by atoms with Crippen LogP contribution >= 0.6 is 11.8 Å². The van der Waals surface area contributed by atoms with Crippen LogP contribution in [-0.4, -0.2) is 30.4 Å². The van der Waals surface area contributed by atoms with Gasteiger partial charge in [-0.25, -0.2) is 4.68 Å². The Balaban J connectivity index is 1.49. The smallest absolute Gasteiger partial charge is 0.312 e. The summed E-state index contributed by atoms with van der Waals surface area (Å²) in [5, 5.41) is 22.6. The van der Waals surface area contributed by atoms with Crippen LogP contribution in [0.2, 0.25) is 0 Å². The third-order valence-electron chi connectivity index (χ3n) is 4.78. The SMILES string of the molecule is Cc1nn(Cn2ccc(C(=O)Nc3ccccc3Sc3ccccc3)n2)c(C)c1[N+](=O)[O-]. The van der Waals surface area contributed by atoms with Crippen molar-refractivity contribution in [2.45, 2.75) is 30.3 Å². The molecule has 0 spiro atoms. The molecular formula is C22H20N6O3S. The average Bonchev–Trinajstić information content (AvgIpc) is 3.34. The molecule has 0 aliphatic rings. The lowest BCUT2D eigenvalue weighted by Crippen LogP contribution is -2.16. The molecule has 0 bridgehead atoms. The van der Waals surface area contributed by atoms with Gasteiger partial charge in [-0.3, -0.25) is 19.6 Å². The number of aryl methyl sites for hydroxylation is 1. The highest BCUT2D eigenvalue weighted by Gasteiger charge is 2.22. The quantitative estimate of drug-likeness (QED) is 0.329. The molecule has 0 radical (unpaired) electrons. The lowest BCUT2D eigenvalue weighted by atomic mass is 10.3. The monoisotopic (exact) mass is 448 g/mol. The topological polar surface area (TPSA) is 108 Å². The van der Waals surface area contributed by atoms with Crippen LogP contribution in [-0.2, 0) is 6.67 Å². The summed E-state index contributed by atoms with van der Waals surface area (Å²) in [5.41, 5.74) is 1.68. The number of aromatic nitrogens is 4. The van der Waals surface area contributed by atoms with E-state index in [-0.39, 0.29) is 24.0 Å². The number of nitrogens with zero attached hydrogens (tertiary/aromatic N) is 5. The molecule has 0 unspecified atom stereocenters. The van der Waals surface area contributed by atoms with Crippen LogP contribution in [0.1, 0.15) is 21.9 Å². The predicted molar refractivity (Wildman–Crippen MR) is 121 cm³/mol. The number of carbonyl (C=O) groups excluding carboxylic acids is 1. The fourth-order valence-electron chi connectivity index (χ4n) is 3.25. The molecule has 9 nitrogen and oxygen atoms in total. The Morgan fingerprint density at radius 1 is 1.06 bits per heavy atom. The van der Waals surface area contributed by atoms with Crippen molar-refractivity contribution in [2.75, 3.05) is 5.32 Å². The summed E-state index contributed by atoms with van der Waals surface area (Å²) in [6.45, 7) is 3.39. The van der Waals surface area contributed by atoms with Crippen molar-refractivity contribution in [3.05, 3.63) is 94.1 Å². The van der Waals surface area contributed by atoms with Gasteiger partial charge in [-0.15, -0.1) is 0 Å². The summed E-state index contributed by atoms with van der Waals surface area (Å²) >= 11 is 1.56. The molecule has 2 heterocycles. The van der Waals surface area contributed by atoms with Gasteiger partial charge in [0.2, 0.25) is 0 Å². The van der Waals surface area contributed by atoms with E-state index < -0.39 is 4.92 Å². The van der Waals surface area contributed by atoms with E-state index in [0.29, 0.717) is 17.1 Å². The molecule has 4 rings (SSSR count). The van der Waals surface area contributed by atoms with E-state index in [1.807, 2.05) is 54.6 Å². The average molecular weight is 449 g/mol. The van der Waals surface area contributed by atoms with E-state index in [1.165, 1.54) is 9.36 Å². The van der Waals surface area contributed by atoms with Crippen molar-refractivity contribution >= 4 is 29.0 Å². The fraction of sp³-hybridized carbons (Fsp3) is 0.136. The Hall–Kier alpha value is -3.92. The molecule has 1 amide bonds. The van der Waals surface area contributed by atoms with Crippen molar-refractivity contribution in [3.63, 3.8) is 0 Å². The van der Waals surface area contributed by atoms with E-state index in [9.17, 15) is 14.9 Å². The molecule has 2 aromatic heterocycles. The molecule has 10 heteroatoms. The molecule has 0 aliphatic carbocycles. The van der Waals surface area contributed by atoms with Gasteiger partial charge >= 0.3 is 5.69 Å². The Morgan fingerprint density at radius 2 is 1.78 bits per heavy atom. The maximum atomic E-state index is 12.8. The summed E-state index contributed by atoms with van der Waals surface area (Å²) in [7, 11) is 0. The van der Waals surface area contributed by atoms with Gasteiger partial charge in [-0.1, -0.05) is 42.1 Å². The molecule has 0 aliphatic heterocycles. The van der Waals surface area contributed by atoms with Gasteiger partial charge in [0, 0.05) is 16.0 Å². The largest absolute Gasteiger partial charge is 0.320 e. The molecule has 162 valence electrons. The summed E-state index contributed by atoms with van der Waals surface area (Å²) in [6.07, 6.45) is 1.64. The number of anilines is 1. The lowest BCUT2D eigenvalue weighted by Gasteiger charge is -2.10. The van der Waals surface area contributed by atoms with Gasteiger partial charge < -0.3 is 5.32 Å². The van der Waals surface area contributed by atoms with Crippen molar-refractivity contribution < 1.29 is 9.72 Å². The minimum Gasteiger partial charge on any atom is -0.320 e. The zero-order chi connectivity index (χ0) is 22.7. The standard InChI is InChI=1S/C22H20N6O3S/c1-15-21(28(30)31)16(2)27(24-15)14-26-13-12-19(25-26)22(29)23-18-10-6-7-11-20(18)32-17-8-4-3-5-9-17/h3-13H,14H2,1-2H3,(H,23,29). The van der Waals surface area contributed by atoms with Crippen LogP contribution < -0.4 is 5.32 Å². The third-order valence-corrected chi connectivity index (χ3v) is 5.87. The van der Waals surface area contributed by atoms with Gasteiger partial charge in [0.1, 0.15) is 18.1 Å². The zero-order valence-electron chi connectivity index (χ0n) is 17.4.